The summed E-state index contributed by atoms with van der Waals surface area (Å²) in [5.74, 6) is 1.38. The van der Waals surface area contributed by atoms with Gasteiger partial charge in [-0.1, -0.05) is 24.4 Å². The maximum absolute atomic E-state index is 9.28. The van der Waals surface area contributed by atoms with Gasteiger partial charge < -0.3 is 5.21 Å². The zero-order valence-electron chi connectivity index (χ0n) is 10.6. The van der Waals surface area contributed by atoms with E-state index in [1.54, 1.807) is 0 Å². The molecule has 2 aliphatic carbocycles. The van der Waals surface area contributed by atoms with E-state index in [2.05, 4.69) is 10.1 Å². The van der Waals surface area contributed by atoms with Crippen LogP contribution in [0, 0.1) is 11.8 Å². The van der Waals surface area contributed by atoms with E-state index in [-0.39, 0.29) is 0 Å². The molecule has 3 rings (SSSR count). The highest BCUT2D eigenvalue weighted by molar-refractivity contribution is 5.94. The van der Waals surface area contributed by atoms with Gasteiger partial charge >= 0.3 is 0 Å². The number of hydrogen-bond donors (Lipinski definition) is 1. The minimum absolute atomic E-state index is 0.483. The van der Waals surface area contributed by atoms with Crippen molar-refractivity contribution in [2.75, 3.05) is 13.1 Å². The monoisotopic (exact) mass is 236 g/mol. The second-order valence-corrected chi connectivity index (χ2v) is 6.04. The zero-order chi connectivity index (χ0) is 11.7. The SMILES string of the molecule is O/N=C1/C2CCC(C2)C1N1CCCCCCC1. The van der Waals surface area contributed by atoms with Crippen molar-refractivity contribution in [1.29, 1.82) is 0 Å². The van der Waals surface area contributed by atoms with Crippen LogP contribution in [0.1, 0.15) is 51.4 Å². The lowest BCUT2D eigenvalue weighted by molar-refractivity contribution is 0.176. The fourth-order valence-electron chi connectivity index (χ4n) is 4.23. The predicted molar refractivity (Wildman–Crippen MR) is 68.5 cm³/mol. The van der Waals surface area contributed by atoms with Crippen molar-refractivity contribution < 1.29 is 5.21 Å². The van der Waals surface area contributed by atoms with Crippen molar-refractivity contribution in [3.63, 3.8) is 0 Å². The molecule has 3 aliphatic rings. The molecule has 3 unspecified atom stereocenters. The number of nitrogens with zero attached hydrogens (tertiary/aromatic N) is 2. The number of hydrogen-bond acceptors (Lipinski definition) is 3. The van der Waals surface area contributed by atoms with Gasteiger partial charge in [0.1, 0.15) is 0 Å². The molecule has 17 heavy (non-hydrogen) atoms. The molecule has 1 aliphatic heterocycles. The van der Waals surface area contributed by atoms with Crippen LogP contribution in [0.3, 0.4) is 0 Å². The van der Waals surface area contributed by atoms with Crippen LogP contribution >= 0.6 is 0 Å². The summed E-state index contributed by atoms with van der Waals surface area (Å²) < 4.78 is 0. The van der Waals surface area contributed by atoms with Crippen LogP contribution in [-0.4, -0.2) is 35.0 Å². The molecule has 1 heterocycles. The van der Waals surface area contributed by atoms with Gasteiger partial charge in [0.2, 0.25) is 0 Å². The Balaban J connectivity index is 1.73. The number of fused-ring (bicyclic) bond motifs is 2. The molecule has 2 bridgehead atoms. The third-order valence-electron chi connectivity index (χ3n) is 5.04. The maximum atomic E-state index is 9.28. The van der Waals surface area contributed by atoms with Crippen molar-refractivity contribution in [3.8, 4) is 0 Å². The van der Waals surface area contributed by atoms with Crippen LogP contribution < -0.4 is 0 Å². The molecule has 3 heteroatoms. The average Bonchev–Trinajstić information content (AvgIpc) is 2.88. The van der Waals surface area contributed by atoms with E-state index in [1.165, 1.54) is 64.5 Å². The van der Waals surface area contributed by atoms with Crippen molar-refractivity contribution in [1.82, 2.24) is 4.90 Å². The summed E-state index contributed by atoms with van der Waals surface area (Å²) in [5, 5.41) is 12.9. The van der Waals surface area contributed by atoms with E-state index in [0.717, 1.165) is 11.6 Å². The summed E-state index contributed by atoms with van der Waals surface area (Å²) in [7, 11) is 0. The zero-order valence-corrected chi connectivity index (χ0v) is 10.6. The van der Waals surface area contributed by atoms with Crippen molar-refractivity contribution in [2.45, 2.75) is 57.4 Å². The molecular weight excluding hydrogens is 212 g/mol. The third-order valence-corrected chi connectivity index (χ3v) is 5.04. The summed E-state index contributed by atoms with van der Waals surface area (Å²) in [4.78, 5) is 2.62. The summed E-state index contributed by atoms with van der Waals surface area (Å²) >= 11 is 0. The van der Waals surface area contributed by atoms with Gasteiger partial charge in [-0.2, -0.15) is 0 Å². The minimum Gasteiger partial charge on any atom is -0.411 e. The molecule has 3 fully saturated rings. The Morgan fingerprint density at radius 3 is 2.41 bits per heavy atom. The van der Waals surface area contributed by atoms with Crippen LogP contribution in [-0.2, 0) is 0 Å². The Morgan fingerprint density at radius 1 is 1.00 bits per heavy atom. The van der Waals surface area contributed by atoms with Crippen molar-refractivity contribution in [3.05, 3.63) is 0 Å². The smallest absolute Gasteiger partial charge is 0.0775 e. The van der Waals surface area contributed by atoms with Gasteiger partial charge in [0.25, 0.3) is 0 Å². The first-order valence-corrected chi connectivity index (χ1v) is 7.36. The quantitative estimate of drug-likeness (QED) is 0.561. The molecular formula is C14H24N2O. The highest BCUT2D eigenvalue weighted by atomic mass is 16.4. The number of oxime groups is 1. The first-order valence-electron chi connectivity index (χ1n) is 7.36. The van der Waals surface area contributed by atoms with Crippen LogP contribution in [0.2, 0.25) is 0 Å². The summed E-state index contributed by atoms with van der Waals surface area (Å²) in [6.07, 6.45) is 10.7. The van der Waals surface area contributed by atoms with Crippen LogP contribution in [0.5, 0.6) is 0 Å². The largest absolute Gasteiger partial charge is 0.411 e. The van der Waals surface area contributed by atoms with Gasteiger partial charge in [0.15, 0.2) is 0 Å². The molecule has 3 atom stereocenters. The first kappa shape index (κ1) is 11.5. The average molecular weight is 236 g/mol. The van der Waals surface area contributed by atoms with Gasteiger partial charge in [-0.25, -0.2) is 0 Å². The number of likely N-dealkylation sites (tertiary alicyclic amines) is 1. The predicted octanol–water partition coefficient (Wildman–Crippen LogP) is 2.88. The van der Waals surface area contributed by atoms with E-state index >= 15 is 0 Å². The summed E-state index contributed by atoms with van der Waals surface area (Å²) in [6.45, 7) is 2.43. The second-order valence-electron chi connectivity index (χ2n) is 6.04. The first-order chi connectivity index (χ1) is 8.40. The van der Waals surface area contributed by atoms with Crippen LogP contribution in [0.15, 0.2) is 5.16 Å². The second kappa shape index (κ2) is 4.97. The van der Waals surface area contributed by atoms with Crippen LogP contribution in [0.25, 0.3) is 0 Å². The molecule has 0 radical (unpaired) electrons. The lowest BCUT2D eigenvalue weighted by atomic mass is 9.91. The molecule has 2 saturated carbocycles. The van der Waals surface area contributed by atoms with E-state index in [4.69, 9.17) is 0 Å². The molecule has 96 valence electrons. The lowest BCUT2D eigenvalue weighted by Crippen LogP contribution is -2.46. The van der Waals surface area contributed by atoms with Crippen LogP contribution in [0.4, 0.5) is 0 Å². The van der Waals surface area contributed by atoms with Gasteiger partial charge in [-0.3, -0.25) is 4.90 Å². The molecule has 1 N–H and O–H groups in total. The Hall–Kier alpha value is -0.570. The number of rotatable bonds is 1. The highest BCUT2D eigenvalue weighted by Crippen LogP contribution is 2.45. The maximum Gasteiger partial charge on any atom is 0.0775 e. The fourth-order valence-corrected chi connectivity index (χ4v) is 4.23. The Bertz CT molecular complexity index is 295. The highest BCUT2D eigenvalue weighted by Gasteiger charge is 2.47. The molecule has 3 nitrogen and oxygen atoms in total. The molecule has 0 spiro atoms. The van der Waals surface area contributed by atoms with E-state index < -0.39 is 0 Å². The molecule has 0 amide bonds. The third kappa shape index (κ3) is 2.10. The Labute approximate surface area is 104 Å². The standard InChI is InChI=1S/C14H24N2O/c17-15-13-11-6-7-12(10-11)14(13)16-8-4-2-1-3-5-9-16/h11-12,14,17H,1-10H2/b15-13-. The van der Waals surface area contributed by atoms with Crippen molar-refractivity contribution in [2.24, 2.45) is 17.0 Å². The Morgan fingerprint density at radius 2 is 1.71 bits per heavy atom. The van der Waals surface area contributed by atoms with Gasteiger partial charge in [0, 0.05) is 5.92 Å². The fraction of sp³-hybridized carbons (Fsp3) is 0.929. The topological polar surface area (TPSA) is 35.8 Å². The minimum atomic E-state index is 0.483. The lowest BCUT2D eigenvalue weighted by Gasteiger charge is -2.35. The van der Waals surface area contributed by atoms with Gasteiger partial charge in [-0.05, 0) is 51.1 Å². The summed E-state index contributed by atoms with van der Waals surface area (Å²) in [5.41, 5.74) is 1.11. The molecule has 1 saturated heterocycles. The van der Waals surface area contributed by atoms with Crippen molar-refractivity contribution >= 4 is 5.71 Å². The molecule has 0 aromatic carbocycles. The van der Waals surface area contributed by atoms with Gasteiger partial charge in [0.05, 0.1) is 11.8 Å². The van der Waals surface area contributed by atoms with E-state index in [1.807, 2.05) is 0 Å². The molecule has 0 aromatic heterocycles. The van der Waals surface area contributed by atoms with Gasteiger partial charge in [-0.15, -0.1) is 0 Å². The normalized spacial score (nSPS) is 41.6. The van der Waals surface area contributed by atoms with E-state index in [0.29, 0.717) is 12.0 Å². The molecule has 0 aromatic rings. The Kier molecular flexibility index (Phi) is 3.37. The summed E-state index contributed by atoms with van der Waals surface area (Å²) in [6, 6.07) is 0.483. The van der Waals surface area contributed by atoms with E-state index in [9.17, 15) is 5.21 Å².